The fourth-order valence-corrected chi connectivity index (χ4v) is 2.92. The van der Waals surface area contributed by atoms with Crippen molar-refractivity contribution in [1.82, 2.24) is 4.98 Å². The van der Waals surface area contributed by atoms with Gasteiger partial charge in [-0.05, 0) is 36.1 Å². The van der Waals surface area contributed by atoms with Gasteiger partial charge in [-0.25, -0.2) is 4.98 Å². The smallest absolute Gasteiger partial charge is 0.307 e. The molecule has 0 aliphatic rings. The van der Waals surface area contributed by atoms with E-state index in [0.717, 1.165) is 10.0 Å². The van der Waals surface area contributed by atoms with Crippen LogP contribution in [0.2, 0.25) is 10.2 Å². The molecule has 0 aliphatic heterocycles. The maximum absolute atomic E-state index is 11.5. The second kappa shape index (κ2) is 7.25. The molecule has 1 N–H and O–H groups in total. The van der Waals surface area contributed by atoms with E-state index in [1.54, 1.807) is 0 Å². The predicted molar refractivity (Wildman–Crippen MR) is 86.9 cm³/mol. The molecule has 1 atom stereocenters. The number of carboxylic acid groups (broad SMARTS) is 1. The minimum absolute atomic E-state index is 0.293. The van der Waals surface area contributed by atoms with Crippen molar-refractivity contribution < 1.29 is 9.90 Å². The first-order valence-electron chi connectivity index (χ1n) is 6.23. The van der Waals surface area contributed by atoms with E-state index in [4.69, 9.17) is 23.2 Å². The molecule has 1 aromatic carbocycles. The minimum Gasteiger partial charge on any atom is -0.481 e. The van der Waals surface area contributed by atoms with Crippen LogP contribution < -0.4 is 0 Å². The molecule has 21 heavy (non-hydrogen) atoms. The van der Waals surface area contributed by atoms with Gasteiger partial charge in [0.2, 0.25) is 0 Å². The van der Waals surface area contributed by atoms with Gasteiger partial charge in [0, 0.05) is 15.7 Å². The standard InChI is InChI=1S/C15H12BrCl2NO2/c16-12-4-2-1-3-9(12)5-10(15(20)21)6-11-8-19-14(18)7-13(11)17/h1-4,7-8,10H,5-6H2,(H,20,21). The number of hydrogen-bond acceptors (Lipinski definition) is 2. The molecule has 0 radical (unpaired) electrons. The lowest BCUT2D eigenvalue weighted by Crippen LogP contribution is -2.19. The summed E-state index contributed by atoms with van der Waals surface area (Å²) in [4.78, 5) is 15.4. The van der Waals surface area contributed by atoms with Crippen molar-refractivity contribution in [3.05, 3.63) is 62.3 Å². The third-order valence-corrected chi connectivity index (χ3v) is 4.47. The SMILES string of the molecule is O=C(O)C(Cc1cnc(Cl)cc1Cl)Cc1ccccc1Br. The number of pyridine rings is 1. The zero-order valence-electron chi connectivity index (χ0n) is 10.9. The summed E-state index contributed by atoms with van der Waals surface area (Å²) in [5.41, 5.74) is 1.63. The molecule has 0 fully saturated rings. The van der Waals surface area contributed by atoms with Gasteiger partial charge in [-0.15, -0.1) is 0 Å². The van der Waals surface area contributed by atoms with E-state index in [-0.39, 0.29) is 0 Å². The van der Waals surface area contributed by atoms with Crippen molar-refractivity contribution in [3.63, 3.8) is 0 Å². The number of aromatic nitrogens is 1. The van der Waals surface area contributed by atoms with E-state index in [2.05, 4.69) is 20.9 Å². The van der Waals surface area contributed by atoms with Crippen LogP contribution in [0.25, 0.3) is 0 Å². The summed E-state index contributed by atoms with van der Waals surface area (Å²) in [6, 6.07) is 9.10. The second-order valence-electron chi connectivity index (χ2n) is 4.63. The summed E-state index contributed by atoms with van der Waals surface area (Å²) in [7, 11) is 0. The maximum atomic E-state index is 11.5. The van der Waals surface area contributed by atoms with E-state index in [1.165, 1.54) is 12.3 Å². The van der Waals surface area contributed by atoms with Gasteiger partial charge in [0.1, 0.15) is 5.15 Å². The number of benzene rings is 1. The van der Waals surface area contributed by atoms with Gasteiger partial charge in [0.15, 0.2) is 0 Å². The zero-order valence-corrected chi connectivity index (χ0v) is 14.0. The van der Waals surface area contributed by atoms with Crippen LogP contribution in [-0.4, -0.2) is 16.1 Å². The van der Waals surface area contributed by atoms with Crippen molar-refractivity contribution in [3.8, 4) is 0 Å². The first-order chi connectivity index (χ1) is 9.97. The Labute approximate surface area is 141 Å². The highest BCUT2D eigenvalue weighted by molar-refractivity contribution is 9.10. The van der Waals surface area contributed by atoms with Gasteiger partial charge in [0.25, 0.3) is 0 Å². The molecular weight excluding hydrogens is 377 g/mol. The third kappa shape index (κ3) is 4.43. The second-order valence-corrected chi connectivity index (χ2v) is 6.28. The molecule has 1 aromatic heterocycles. The van der Waals surface area contributed by atoms with Gasteiger partial charge in [0.05, 0.1) is 5.92 Å². The van der Waals surface area contributed by atoms with Crippen LogP contribution >= 0.6 is 39.1 Å². The van der Waals surface area contributed by atoms with Crippen molar-refractivity contribution >= 4 is 45.1 Å². The van der Waals surface area contributed by atoms with Gasteiger partial charge in [-0.1, -0.05) is 57.3 Å². The van der Waals surface area contributed by atoms with Crippen molar-refractivity contribution in [2.45, 2.75) is 12.8 Å². The van der Waals surface area contributed by atoms with E-state index >= 15 is 0 Å². The Hall–Kier alpha value is -1.10. The quantitative estimate of drug-likeness (QED) is 0.759. The number of rotatable bonds is 5. The highest BCUT2D eigenvalue weighted by atomic mass is 79.9. The molecule has 0 amide bonds. The number of hydrogen-bond donors (Lipinski definition) is 1. The first kappa shape index (κ1) is 16.3. The Kier molecular flexibility index (Phi) is 5.62. The highest BCUT2D eigenvalue weighted by Gasteiger charge is 2.21. The molecule has 110 valence electrons. The van der Waals surface area contributed by atoms with Crippen LogP contribution in [0.3, 0.4) is 0 Å². The lowest BCUT2D eigenvalue weighted by Gasteiger charge is -2.14. The molecule has 6 heteroatoms. The average Bonchev–Trinajstić information content (AvgIpc) is 2.42. The molecule has 0 bridgehead atoms. The Balaban J connectivity index is 2.20. The average molecular weight is 389 g/mol. The molecule has 2 rings (SSSR count). The van der Waals surface area contributed by atoms with Crippen LogP contribution in [0.4, 0.5) is 0 Å². The van der Waals surface area contributed by atoms with Crippen LogP contribution in [-0.2, 0) is 17.6 Å². The van der Waals surface area contributed by atoms with Crippen molar-refractivity contribution in [2.75, 3.05) is 0 Å². The molecule has 2 aromatic rings. The summed E-state index contributed by atoms with van der Waals surface area (Å²) < 4.78 is 0.900. The Bertz CT molecular complexity index is 664. The summed E-state index contributed by atoms with van der Waals surface area (Å²) in [6.07, 6.45) is 2.25. The number of halogens is 3. The molecule has 1 unspecified atom stereocenters. The van der Waals surface area contributed by atoms with Crippen LogP contribution in [0.5, 0.6) is 0 Å². The van der Waals surface area contributed by atoms with Crippen LogP contribution in [0.1, 0.15) is 11.1 Å². The largest absolute Gasteiger partial charge is 0.481 e. The summed E-state index contributed by atoms with van der Waals surface area (Å²) in [6.45, 7) is 0. The third-order valence-electron chi connectivity index (χ3n) is 3.14. The summed E-state index contributed by atoms with van der Waals surface area (Å²) in [5.74, 6) is -1.44. The van der Waals surface area contributed by atoms with Gasteiger partial charge in [-0.2, -0.15) is 0 Å². The monoisotopic (exact) mass is 387 g/mol. The van der Waals surface area contributed by atoms with Crippen LogP contribution in [0, 0.1) is 5.92 Å². The minimum atomic E-state index is -0.864. The fraction of sp³-hybridized carbons (Fsp3) is 0.200. The molecule has 0 saturated heterocycles. The lowest BCUT2D eigenvalue weighted by molar-refractivity contribution is -0.141. The number of aliphatic carboxylic acids is 1. The van der Waals surface area contributed by atoms with E-state index in [9.17, 15) is 9.90 Å². The van der Waals surface area contributed by atoms with Crippen molar-refractivity contribution in [2.24, 2.45) is 5.92 Å². The topological polar surface area (TPSA) is 50.2 Å². The Morgan fingerprint density at radius 3 is 2.52 bits per heavy atom. The van der Waals surface area contributed by atoms with Gasteiger partial charge < -0.3 is 5.11 Å². The molecule has 0 aliphatic carbocycles. The predicted octanol–water partition coefficient (Wildman–Crippen LogP) is 4.64. The highest BCUT2D eigenvalue weighted by Crippen LogP contribution is 2.25. The summed E-state index contributed by atoms with van der Waals surface area (Å²) >= 11 is 15.3. The normalized spacial score (nSPS) is 12.1. The fourth-order valence-electron chi connectivity index (χ4n) is 2.03. The number of carboxylic acids is 1. The summed E-state index contributed by atoms with van der Waals surface area (Å²) in [5, 5.41) is 10.2. The number of carbonyl (C=O) groups is 1. The zero-order chi connectivity index (χ0) is 15.4. The molecule has 0 saturated carbocycles. The molecule has 3 nitrogen and oxygen atoms in total. The van der Waals surface area contributed by atoms with E-state index in [0.29, 0.717) is 28.6 Å². The first-order valence-corrected chi connectivity index (χ1v) is 7.78. The van der Waals surface area contributed by atoms with Gasteiger partial charge in [-0.3, -0.25) is 4.79 Å². The Morgan fingerprint density at radius 2 is 1.90 bits per heavy atom. The number of nitrogens with zero attached hydrogens (tertiary/aromatic N) is 1. The molecule has 1 heterocycles. The lowest BCUT2D eigenvalue weighted by atomic mass is 9.93. The maximum Gasteiger partial charge on any atom is 0.307 e. The molecule has 0 spiro atoms. The van der Waals surface area contributed by atoms with Gasteiger partial charge >= 0.3 is 5.97 Å². The van der Waals surface area contributed by atoms with E-state index in [1.807, 2.05) is 24.3 Å². The van der Waals surface area contributed by atoms with Crippen LogP contribution in [0.15, 0.2) is 41.0 Å². The van der Waals surface area contributed by atoms with Crippen molar-refractivity contribution in [1.29, 1.82) is 0 Å². The molecular formula is C15H12BrCl2NO2. The Morgan fingerprint density at radius 1 is 1.24 bits per heavy atom. The van der Waals surface area contributed by atoms with E-state index < -0.39 is 11.9 Å².